The molecule has 0 fully saturated rings. The fraction of sp³-hybridized carbons (Fsp3) is 0.238. The van der Waals surface area contributed by atoms with Gasteiger partial charge >= 0.3 is 0 Å². The molecule has 1 heterocycles. The molecule has 0 saturated heterocycles. The molecule has 7 heteroatoms. The van der Waals surface area contributed by atoms with Crippen LogP contribution in [-0.4, -0.2) is 24.1 Å². The Morgan fingerprint density at radius 3 is 2.64 bits per heavy atom. The Hall–Kier alpha value is -2.38. The van der Waals surface area contributed by atoms with Gasteiger partial charge in [-0.05, 0) is 83.7 Å². The monoisotopic (exact) mass is 460 g/mol. The van der Waals surface area contributed by atoms with Gasteiger partial charge in [-0.2, -0.15) is 0 Å². The van der Waals surface area contributed by atoms with E-state index >= 15 is 0 Å². The minimum absolute atomic E-state index is 0.210. The minimum atomic E-state index is -0.542. The van der Waals surface area contributed by atoms with Gasteiger partial charge in [-0.3, -0.25) is 4.79 Å². The van der Waals surface area contributed by atoms with E-state index in [1.54, 1.807) is 11.3 Å². The summed E-state index contributed by atoms with van der Waals surface area (Å²) >= 11 is 5.14. The molecule has 1 aromatic heterocycles. The Labute approximate surface area is 176 Å². The van der Waals surface area contributed by atoms with Gasteiger partial charge in [0.05, 0.1) is 21.3 Å². The van der Waals surface area contributed by atoms with E-state index in [9.17, 15) is 4.79 Å². The third-order valence-electron chi connectivity index (χ3n) is 4.13. The molecule has 1 amide bonds. The van der Waals surface area contributed by atoms with Gasteiger partial charge in [-0.15, -0.1) is 11.3 Å². The quantitative estimate of drug-likeness (QED) is 0.531. The number of rotatable bonds is 7. The normalized spacial score (nSPS) is 11.3. The fourth-order valence-electron chi connectivity index (χ4n) is 2.67. The second-order valence-electron chi connectivity index (χ2n) is 6.31. The second kappa shape index (κ2) is 8.75. The van der Waals surface area contributed by atoms with Crippen LogP contribution in [0.1, 0.15) is 28.6 Å². The molecular formula is C21H21BrN2O3S. The second-order valence-corrected chi connectivity index (χ2v) is 8.22. The van der Waals surface area contributed by atoms with Gasteiger partial charge in [0.15, 0.2) is 18.1 Å². The highest BCUT2D eigenvalue weighted by Crippen LogP contribution is 2.37. The first-order chi connectivity index (χ1) is 13.4. The highest BCUT2D eigenvalue weighted by atomic mass is 79.9. The molecule has 0 aliphatic carbocycles. The molecule has 146 valence electrons. The van der Waals surface area contributed by atoms with Crippen LogP contribution >= 0.6 is 27.3 Å². The zero-order valence-electron chi connectivity index (χ0n) is 15.9. The van der Waals surface area contributed by atoms with Crippen molar-refractivity contribution in [1.29, 1.82) is 0 Å². The van der Waals surface area contributed by atoms with Crippen LogP contribution in [0.25, 0.3) is 22.4 Å². The number of nitrogens with two attached hydrogens (primary N) is 1. The standard InChI is InChI=1S/C21H21BrN2O3S/c1-4-26-17-10-14(9-15(22)21(17)27-11-19(23)25)5-6-20-24-16-7-12(2)13(3)8-18(16)28-20/h5-10H,4,11H2,1-3H3,(H2,23,25). The third-order valence-corrected chi connectivity index (χ3v) is 5.70. The lowest BCUT2D eigenvalue weighted by Crippen LogP contribution is -2.20. The molecule has 3 aromatic rings. The molecule has 3 rings (SSSR count). The van der Waals surface area contributed by atoms with Crippen molar-refractivity contribution in [2.75, 3.05) is 13.2 Å². The van der Waals surface area contributed by atoms with E-state index in [2.05, 4.69) is 46.9 Å². The smallest absolute Gasteiger partial charge is 0.255 e. The Bertz CT molecular complexity index is 1020. The molecule has 2 aromatic carbocycles. The van der Waals surface area contributed by atoms with Crippen molar-refractivity contribution >= 4 is 55.5 Å². The van der Waals surface area contributed by atoms with E-state index in [0.717, 1.165) is 16.1 Å². The lowest BCUT2D eigenvalue weighted by atomic mass is 10.1. The fourth-order valence-corrected chi connectivity index (χ4v) is 4.19. The Morgan fingerprint density at radius 1 is 1.18 bits per heavy atom. The van der Waals surface area contributed by atoms with Crippen LogP contribution in [0.2, 0.25) is 0 Å². The number of aryl methyl sites for hydroxylation is 2. The summed E-state index contributed by atoms with van der Waals surface area (Å²) in [5.41, 5.74) is 9.62. The number of aromatic nitrogens is 1. The predicted molar refractivity (Wildman–Crippen MR) is 118 cm³/mol. The summed E-state index contributed by atoms with van der Waals surface area (Å²) in [7, 11) is 0. The molecule has 5 nitrogen and oxygen atoms in total. The van der Waals surface area contributed by atoms with E-state index in [-0.39, 0.29) is 6.61 Å². The third kappa shape index (κ3) is 4.72. The molecule has 0 spiro atoms. The average molecular weight is 461 g/mol. The number of carbonyl (C=O) groups is 1. The van der Waals surface area contributed by atoms with Crippen LogP contribution in [0, 0.1) is 13.8 Å². The number of hydrogen-bond donors (Lipinski definition) is 1. The number of ether oxygens (including phenoxy) is 2. The summed E-state index contributed by atoms with van der Waals surface area (Å²) in [6, 6.07) is 8.06. The number of nitrogens with zero attached hydrogens (tertiary/aromatic N) is 1. The van der Waals surface area contributed by atoms with Crippen LogP contribution in [-0.2, 0) is 4.79 Å². The van der Waals surface area contributed by atoms with Crippen LogP contribution < -0.4 is 15.2 Å². The number of hydrogen-bond acceptors (Lipinski definition) is 5. The van der Waals surface area contributed by atoms with Crippen molar-refractivity contribution in [3.05, 3.63) is 50.4 Å². The minimum Gasteiger partial charge on any atom is -0.490 e. The average Bonchev–Trinajstić information content (AvgIpc) is 3.01. The van der Waals surface area contributed by atoms with E-state index in [0.29, 0.717) is 22.6 Å². The van der Waals surface area contributed by atoms with Crippen LogP contribution in [0.15, 0.2) is 28.7 Å². The maximum absolute atomic E-state index is 11.0. The molecule has 0 aliphatic rings. The van der Waals surface area contributed by atoms with Crippen molar-refractivity contribution in [2.24, 2.45) is 5.73 Å². The maximum atomic E-state index is 11.0. The van der Waals surface area contributed by atoms with E-state index < -0.39 is 5.91 Å². The number of thiazole rings is 1. The van der Waals surface area contributed by atoms with Crippen molar-refractivity contribution in [1.82, 2.24) is 4.98 Å². The SMILES string of the molecule is CCOc1cc(C=Cc2nc3cc(C)c(C)cc3s2)cc(Br)c1OCC(N)=O. The van der Waals surface area contributed by atoms with Gasteiger partial charge in [0.25, 0.3) is 5.91 Å². The van der Waals surface area contributed by atoms with E-state index in [1.807, 2.05) is 31.2 Å². The van der Waals surface area contributed by atoms with Gasteiger partial charge < -0.3 is 15.2 Å². The molecule has 0 saturated carbocycles. The summed E-state index contributed by atoms with van der Waals surface area (Å²) in [6.07, 6.45) is 3.96. The largest absolute Gasteiger partial charge is 0.490 e. The zero-order valence-corrected chi connectivity index (χ0v) is 18.3. The Morgan fingerprint density at radius 2 is 1.93 bits per heavy atom. The summed E-state index contributed by atoms with van der Waals surface area (Å²) in [5.74, 6) is 0.469. The predicted octanol–water partition coefficient (Wildman–Crippen LogP) is 5.11. The van der Waals surface area contributed by atoms with Crippen molar-refractivity contribution in [3.63, 3.8) is 0 Å². The van der Waals surface area contributed by atoms with Crippen LogP contribution in [0.3, 0.4) is 0 Å². The van der Waals surface area contributed by atoms with Gasteiger partial charge in [0.2, 0.25) is 0 Å². The van der Waals surface area contributed by atoms with E-state index in [4.69, 9.17) is 15.2 Å². The van der Waals surface area contributed by atoms with Crippen LogP contribution in [0.4, 0.5) is 0 Å². The van der Waals surface area contributed by atoms with Crippen molar-refractivity contribution in [2.45, 2.75) is 20.8 Å². The molecule has 0 atom stereocenters. The first-order valence-electron chi connectivity index (χ1n) is 8.80. The van der Waals surface area contributed by atoms with E-state index in [1.165, 1.54) is 15.8 Å². The van der Waals surface area contributed by atoms with Gasteiger partial charge in [-0.1, -0.05) is 6.08 Å². The molecule has 2 N–H and O–H groups in total. The first kappa shape index (κ1) is 20.4. The molecule has 0 aliphatic heterocycles. The Kier molecular flexibility index (Phi) is 6.36. The van der Waals surface area contributed by atoms with Crippen molar-refractivity contribution < 1.29 is 14.3 Å². The molecular weight excluding hydrogens is 440 g/mol. The molecule has 0 radical (unpaired) electrons. The lowest BCUT2D eigenvalue weighted by molar-refractivity contribution is -0.119. The van der Waals surface area contributed by atoms with Crippen LogP contribution in [0.5, 0.6) is 11.5 Å². The number of amides is 1. The van der Waals surface area contributed by atoms with Crippen molar-refractivity contribution in [3.8, 4) is 11.5 Å². The van der Waals surface area contributed by atoms with Gasteiger partial charge in [-0.25, -0.2) is 4.98 Å². The number of fused-ring (bicyclic) bond motifs is 1. The highest BCUT2D eigenvalue weighted by Gasteiger charge is 2.13. The summed E-state index contributed by atoms with van der Waals surface area (Å²) in [5, 5.41) is 0.933. The lowest BCUT2D eigenvalue weighted by Gasteiger charge is -2.13. The number of carbonyl (C=O) groups excluding carboxylic acids is 1. The molecule has 0 bridgehead atoms. The summed E-state index contributed by atoms with van der Waals surface area (Å²) in [4.78, 5) is 15.7. The molecule has 0 unspecified atom stereocenters. The maximum Gasteiger partial charge on any atom is 0.255 e. The number of primary amides is 1. The van der Waals surface area contributed by atoms with Gasteiger partial charge in [0.1, 0.15) is 5.01 Å². The number of halogens is 1. The highest BCUT2D eigenvalue weighted by molar-refractivity contribution is 9.10. The number of benzene rings is 2. The summed E-state index contributed by atoms with van der Waals surface area (Å²) in [6.45, 7) is 6.36. The van der Waals surface area contributed by atoms with Gasteiger partial charge in [0, 0.05) is 0 Å². The topological polar surface area (TPSA) is 74.4 Å². The molecule has 28 heavy (non-hydrogen) atoms. The zero-order chi connectivity index (χ0) is 20.3. The first-order valence-corrected chi connectivity index (χ1v) is 10.4. The summed E-state index contributed by atoms with van der Waals surface area (Å²) < 4.78 is 13.0. The Balaban J connectivity index is 1.89.